The Bertz CT molecular complexity index is 1030. The van der Waals surface area contributed by atoms with Crippen LogP contribution in [0, 0.1) is 12.3 Å². The number of pyridine rings is 1. The second kappa shape index (κ2) is 5.41. The third-order valence-electron chi connectivity index (χ3n) is 6.20. The molecule has 3 nitrogen and oxygen atoms in total. The quantitative estimate of drug-likeness (QED) is 0.582. The first kappa shape index (κ1) is 16.8. The largest absolute Gasteiger partial charge is 0.279 e. The lowest BCUT2D eigenvalue weighted by atomic mass is 9.60. The average molecular weight is 344 g/mol. The normalized spacial score (nSPS) is 18.0. The number of hydrogen-bond donors (Lipinski definition) is 0. The van der Waals surface area contributed by atoms with Crippen LogP contribution < -0.4 is 4.90 Å². The van der Waals surface area contributed by atoms with E-state index in [0.717, 1.165) is 22.3 Å². The number of aryl methyl sites for hydroxylation is 1. The first-order valence-corrected chi connectivity index (χ1v) is 9.04. The summed E-state index contributed by atoms with van der Waals surface area (Å²) in [6.07, 6.45) is 1.80. The van der Waals surface area contributed by atoms with E-state index in [1.807, 2.05) is 43.0 Å². The molecule has 2 heterocycles. The van der Waals surface area contributed by atoms with Gasteiger partial charge in [-0.05, 0) is 30.7 Å². The van der Waals surface area contributed by atoms with Crippen LogP contribution in [0.25, 0.3) is 10.9 Å². The zero-order chi connectivity index (χ0) is 18.7. The fraction of sp³-hybridized carbons (Fsp3) is 0.304. The highest BCUT2D eigenvalue weighted by Crippen LogP contribution is 2.52. The molecule has 0 saturated heterocycles. The van der Waals surface area contributed by atoms with Crippen LogP contribution in [0.1, 0.15) is 38.8 Å². The van der Waals surface area contributed by atoms with Crippen molar-refractivity contribution in [2.75, 3.05) is 4.90 Å². The van der Waals surface area contributed by atoms with Crippen LogP contribution in [-0.2, 0) is 10.2 Å². The molecule has 0 saturated carbocycles. The number of carbonyl (C=O) groups is 1. The molecular formula is C23H24N2O. The Kier molecular flexibility index (Phi) is 3.49. The minimum absolute atomic E-state index is 0.107. The van der Waals surface area contributed by atoms with Gasteiger partial charge in [-0.3, -0.25) is 14.7 Å². The van der Waals surface area contributed by atoms with Crippen molar-refractivity contribution in [2.24, 2.45) is 5.41 Å². The lowest BCUT2D eigenvalue weighted by Crippen LogP contribution is -2.53. The van der Waals surface area contributed by atoms with Crippen LogP contribution in [-0.4, -0.2) is 10.9 Å². The van der Waals surface area contributed by atoms with Crippen molar-refractivity contribution in [2.45, 2.75) is 40.0 Å². The van der Waals surface area contributed by atoms with Gasteiger partial charge in [0.15, 0.2) is 0 Å². The number of anilines is 2. The number of para-hydroxylation sites is 1. The minimum Gasteiger partial charge on any atom is -0.279 e. The highest BCUT2D eigenvalue weighted by molar-refractivity contribution is 6.08. The fourth-order valence-electron chi connectivity index (χ4n) is 3.78. The molecule has 3 heteroatoms. The molecule has 1 aliphatic rings. The summed E-state index contributed by atoms with van der Waals surface area (Å²) in [5, 5.41) is 1.04. The molecule has 0 fully saturated rings. The SMILES string of the molecule is Cc1ccc2c(c1)C(C)(C)C(C)(C)C(=O)N2c1cnc2ccccc2c1. The Hall–Kier alpha value is -2.68. The molecule has 0 N–H and O–H groups in total. The Balaban J connectivity index is 1.99. The lowest BCUT2D eigenvalue weighted by molar-refractivity contribution is -0.129. The van der Waals surface area contributed by atoms with Gasteiger partial charge < -0.3 is 0 Å². The van der Waals surface area contributed by atoms with Crippen molar-refractivity contribution >= 4 is 28.2 Å². The third kappa shape index (κ3) is 2.20. The molecule has 2 aromatic carbocycles. The van der Waals surface area contributed by atoms with E-state index in [9.17, 15) is 4.79 Å². The number of aromatic nitrogens is 1. The van der Waals surface area contributed by atoms with Crippen LogP contribution >= 0.6 is 0 Å². The van der Waals surface area contributed by atoms with Crippen LogP contribution in [0.5, 0.6) is 0 Å². The molecule has 0 radical (unpaired) electrons. The molecule has 0 spiro atoms. The van der Waals surface area contributed by atoms with E-state index in [-0.39, 0.29) is 11.3 Å². The van der Waals surface area contributed by atoms with Crippen molar-refractivity contribution in [1.82, 2.24) is 4.98 Å². The molecule has 4 rings (SSSR count). The highest BCUT2D eigenvalue weighted by Gasteiger charge is 2.52. The van der Waals surface area contributed by atoms with Gasteiger partial charge in [-0.15, -0.1) is 0 Å². The molecule has 0 bridgehead atoms. The summed E-state index contributed by atoms with van der Waals surface area (Å²) in [5.74, 6) is 0.107. The number of nitrogens with zero attached hydrogens (tertiary/aromatic N) is 2. The van der Waals surface area contributed by atoms with Gasteiger partial charge in [0.2, 0.25) is 5.91 Å². The summed E-state index contributed by atoms with van der Waals surface area (Å²) in [6, 6.07) is 16.4. The van der Waals surface area contributed by atoms with Crippen LogP contribution in [0.2, 0.25) is 0 Å². The van der Waals surface area contributed by atoms with E-state index >= 15 is 0 Å². The summed E-state index contributed by atoms with van der Waals surface area (Å²) in [4.78, 5) is 20.0. The van der Waals surface area contributed by atoms with Crippen LogP contribution in [0.15, 0.2) is 54.7 Å². The predicted octanol–water partition coefficient (Wildman–Crippen LogP) is 5.53. The Morgan fingerprint density at radius 2 is 1.65 bits per heavy atom. The van der Waals surface area contributed by atoms with Gasteiger partial charge in [-0.25, -0.2) is 0 Å². The van der Waals surface area contributed by atoms with Gasteiger partial charge >= 0.3 is 0 Å². The van der Waals surface area contributed by atoms with Crippen molar-refractivity contribution < 1.29 is 4.79 Å². The molecular weight excluding hydrogens is 320 g/mol. The van der Waals surface area contributed by atoms with E-state index in [1.54, 1.807) is 6.20 Å². The van der Waals surface area contributed by atoms with Crippen molar-refractivity contribution in [3.05, 3.63) is 65.9 Å². The standard InChI is InChI=1S/C23H24N2O/c1-15-10-11-20-18(12-15)22(2,3)23(4,5)21(26)25(20)17-13-16-8-6-7-9-19(16)24-14-17/h6-14H,1-5H3. The fourth-order valence-corrected chi connectivity index (χ4v) is 3.78. The summed E-state index contributed by atoms with van der Waals surface area (Å²) in [6.45, 7) is 10.5. The van der Waals surface area contributed by atoms with Crippen LogP contribution in [0.3, 0.4) is 0 Å². The minimum atomic E-state index is -0.528. The molecule has 132 valence electrons. The molecule has 0 aliphatic carbocycles. The molecule has 0 atom stereocenters. The molecule has 1 aromatic heterocycles. The smallest absolute Gasteiger partial charge is 0.238 e. The molecule has 0 unspecified atom stereocenters. The van der Waals surface area contributed by atoms with E-state index in [4.69, 9.17) is 0 Å². The third-order valence-corrected chi connectivity index (χ3v) is 6.20. The van der Waals surface area contributed by atoms with Crippen molar-refractivity contribution in [3.8, 4) is 0 Å². The molecule has 26 heavy (non-hydrogen) atoms. The summed E-state index contributed by atoms with van der Waals surface area (Å²) in [5.41, 5.74) is 4.34. The Morgan fingerprint density at radius 1 is 0.923 bits per heavy atom. The van der Waals surface area contributed by atoms with Gasteiger partial charge in [-0.1, -0.05) is 63.6 Å². The van der Waals surface area contributed by atoms with Crippen LogP contribution in [0.4, 0.5) is 11.4 Å². The molecule has 3 aromatic rings. The number of amides is 1. The zero-order valence-corrected chi connectivity index (χ0v) is 16.0. The van der Waals surface area contributed by atoms with E-state index in [2.05, 4.69) is 50.0 Å². The number of fused-ring (bicyclic) bond motifs is 2. The number of benzene rings is 2. The summed E-state index contributed by atoms with van der Waals surface area (Å²) in [7, 11) is 0. The average Bonchev–Trinajstić information content (AvgIpc) is 2.61. The van der Waals surface area contributed by atoms with Gasteiger partial charge in [0.25, 0.3) is 0 Å². The van der Waals surface area contributed by atoms with Gasteiger partial charge in [0.1, 0.15) is 0 Å². The highest BCUT2D eigenvalue weighted by atomic mass is 16.2. The van der Waals surface area contributed by atoms with Crippen molar-refractivity contribution in [3.63, 3.8) is 0 Å². The maximum Gasteiger partial charge on any atom is 0.238 e. The second-order valence-corrected chi connectivity index (χ2v) is 8.30. The maximum atomic E-state index is 13.5. The van der Waals surface area contributed by atoms with E-state index < -0.39 is 5.41 Å². The number of rotatable bonds is 1. The predicted molar refractivity (Wildman–Crippen MR) is 107 cm³/mol. The van der Waals surface area contributed by atoms with Gasteiger partial charge in [-0.2, -0.15) is 0 Å². The van der Waals surface area contributed by atoms with Crippen molar-refractivity contribution in [1.29, 1.82) is 0 Å². The second-order valence-electron chi connectivity index (χ2n) is 8.30. The Labute approximate surface area is 154 Å². The van der Waals surface area contributed by atoms with Gasteiger partial charge in [0, 0.05) is 10.8 Å². The number of hydrogen-bond acceptors (Lipinski definition) is 2. The summed E-state index contributed by atoms with van der Waals surface area (Å²) >= 11 is 0. The zero-order valence-electron chi connectivity index (χ0n) is 16.0. The summed E-state index contributed by atoms with van der Waals surface area (Å²) < 4.78 is 0. The molecule has 1 amide bonds. The lowest BCUT2D eigenvalue weighted by Gasteiger charge is -2.49. The first-order chi connectivity index (χ1) is 12.2. The van der Waals surface area contributed by atoms with E-state index in [1.165, 1.54) is 11.1 Å². The maximum absolute atomic E-state index is 13.5. The first-order valence-electron chi connectivity index (χ1n) is 9.04. The molecule has 1 aliphatic heterocycles. The monoisotopic (exact) mass is 344 g/mol. The van der Waals surface area contributed by atoms with E-state index in [0.29, 0.717) is 0 Å². The van der Waals surface area contributed by atoms with Gasteiger partial charge in [0.05, 0.1) is 28.5 Å². The Morgan fingerprint density at radius 3 is 2.42 bits per heavy atom. The topological polar surface area (TPSA) is 33.2 Å². The number of carbonyl (C=O) groups excluding carboxylic acids is 1.